The Morgan fingerprint density at radius 3 is 2.71 bits per heavy atom. The van der Waals surface area contributed by atoms with Crippen LogP contribution in [0.25, 0.3) is 0 Å². The minimum Gasteiger partial charge on any atom is -0.454 e. The number of benzene rings is 1. The van der Waals surface area contributed by atoms with Gasteiger partial charge in [-0.15, -0.1) is 0 Å². The van der Waals surface area contributed by atoms with E-state index < -0.39 is 9.84 Å². The van der Waals surface area contributed by atoms with Crippen LogP contribution in [-0.2, 0) is 25.1 Å². The summed E-state index contributed by atoms with van der Waals surface area (Å²) in [6, 6.07) is 3.16. The molecule has 0 N–H and O–H groups in total. The van der Waals surface area contributed by atoms with Gasteiger partial charge < -0.3 is 19.1 Å². The van der Waals surface area contributed by atoms with Crippen LogP contribution in [0.5, 0.6) is 11.5 Å². The summed E-state index contributed by atoms with van der Waals surface area (Å²) in [5.74, 6) is 0.317. The van der Waals surface area contributed by atoms with Crippen LogP contribution in [0, 0.1) is 0 Å². The lowest BCUT2D eigenvalue weighted by atomic mass is 10.2. The third kappa shape index (κ3) is 4.12. The number of carbonyl (C=O) groups is 1. The monoisotopic (exact) mass is 375 g/mol. The minimum atomic E-state index is -3.44. The van der Waals surface area contributed by atoms with E-state index >= 15 is 0 Å². The van der Waals surface area contributed by atoms with Gasteiger partial charge in [-0.3, -0.25) is 4.79 Å². The van der Waals surface area contributed by atoms with Crippen molar-refractivity contribution in [2.24, 2.45) is 0 Å². The van der Waals surface area contributed by atoms with Crippen molar-refractivity contribution in [1.29, 1.82) is 0 Å². The van der Waals surface area contributed by atoms with Gasteiger partial charge in [0.25, 0.3) is 0 Å². The lowest BCUT2D eigenvalue weighted by Gasteiger charge is -2.26. The molecule has 9 heteroatoms. The van der Waals surface area contributed by atoms with Crippen molar-refractivity contribution in [2.75, 3.05) is 38.8 Å². The molecule has 1 amide bonds. The summed E-state index contributed by atoms with van der Waals surface area (Å²) in [7, 11) is -3.44. The third-order valence-electron chi connectivity index (χ3n) is 3.86. The maximum atomic E-state index is 12.3. The maximum Gasteiger partial charge on any atom is 0.231 e. The number of morpholine rings is 1. The Morgan fingerprint density at radius 2 is 1.96 bits per heavy atom. The molecule has 2 heterocycles. The highest BCUT2D eigenvalue weighted by Crippen LogP contribution is 2.40. The number of fused-ring (bicyclic) bond motifs is 1. The summed E-state index contributed by atoms with van der Waals surface area (Å²) < 4.78 is 40.2. The zero-order chi connectivity index (χ0) is 17.2. The van der Waals surface area contributed by atoms with Gasteiger partial charge in [0.2, 0.25) is 12.7 Å². The Hall–Kier alpha value is -1.51. The van der Waals surface area contributed by atoms with Crippen LogP contribution in [0.1, 0.15) is 12.0 Å². The largest absolute Gasteiger partial charge is 0.454 e. The van der Waals surface area contributed by atoms with Gasteiger partial charge >= 0.3 is 0 Å². The van der Waals surface area contributed by atoms with E-state index in [0.717, 1.165) is 0 Å². The molecule has 1 aromatic rings. The molecule has 0 unspecified atom stereocenters. The highest BCUT2D eigenvalue weighted by Gasteiger charge is 2.23. The van der Waals surface area contributed by atoms with Crippen molar-refractivity contribution < 1.29 is 27.4 Å². The average molecular weight is 376 g/mol. The van der Waals surface area contributed by atoms with Crippen molar-refractivity contribution in [2.45, 2.75) is 12.2 Å². The maximum absolute atomic E-state index is 12.3. The first kappa shape index (κ1) is 17.3. The first-order valence-corrected chi connectivity index (χ1v) is 9.78. The van der Waals surface area contributed by atoms with E-state index in [0.29, 0.717) is 48.4 Å². The number of ether oxygens (including phenoxy) is 3. The lowest BCUT2D eigenvalue weighted by molar-refractivity contribution is -0.134. The molecule has 3 rings (SSSR count). The minimum absolute atomic E-state index is 0.0272. The fourth-order valence-corrected chi connectivity index (χ4v) is 4.24. The summed E-state index contributed by atoms with van der Waals surface area (Å²) in [5, 5.41) is 0.319. The van der Waals surface area contributed by atoms with E-state index in [4.69, 9.17) is 25.8 Å². The van der Waals surface area contributed by atoms with Crippen molar-refractivity contribution in [3.05, 3.63) is 22.7 Å². The summed E-state index contributed by atoms with van der Waals surface area (Å²) >= 11 is 6.06. The van der Waals surface area contributed by atoms with Crippen LogP contribution in [0.3, 0.4) is 0 Å². The van der Waals surface area contributed by atoms with Crippen LogP contribution in [0.4, 0.5) is 0 Å². The van der Waals surface area contributed by atoms with Gasteiger partial charge in [-0.25, -0.2) is 8.42 Å². The molecular weight excluding hydrogens is 358 g/mol. The Balaban J connectivity index is 1.60. The highest BCUT2D eigenvalue weighted by atomic mass is 35.5. The number of rotatable bonds is 5. The summed E-state index contributed by atoms with van der Waals surface area (Å²) in [4.78, 5) is 13.7. The van der Waals surface area contributed by atoms with Gasteiger partial charge in [0, 0.05) is 19.5 Å². The van der Waals surface area contributed by atoms with E-state index in [-0.39, 0.29) is 30.6 Å². The van der Waals surface area contributed by atoms with Crippen molar-refractivity contribution in [3.63, 3.8) is 0 Å². The van der Waals surface area contributed by atoms with Gasteiger partial charge in [-0.1, -0.05) is 11.6 Å². The Morgan fingerprint density at radius 1 is 1.21 bits per heavy atom. The molecule has 0 saturated carbocycles. The fraction of sp³-hybridized carbons (Fsp3) is 0.533. The highest BCUT2D eigenvalue weighted by molar-refractivity contribution is 7.90. The molecule has 24 heavy (non-hydrogen) atoms. The standard InChI is InChI=1S/C15H18ClNO6S/c16-12-7-11(8-13-15(12)23-10-22-13)9-24(19,20)6-1-14(18)17-2-4-21-5-3-17/h7-8H,1-6,9-10H2. The second-order valence-corrected chi connectivity index (χ2v) is 8.24. The lowest BCUT2D eigenvalue weighted by Crippen LogP contribution is -2.41. The van der Waals surface area contributed by atoms with Crippen molar-refractivity contribution in [3.8, 4) is 11.5 Å². The Bertz CT molecular complexity index is 730. The number of sulfone groups is 1. The zero-order valence-corrected chi connectivity index (χ0v) is 14.6. The van der Waals surface area contributed by atoms with Gasteiger partial charge in [0.15, 0.2) is 21.3 Å². The topological polar surface area (TPSA) is 82.1 Å². The molecule has 0 bridgehead atoms. The molecule has 2 aliphatic rings. The predicted molar refractivity (Wildman–Crippen MR) is 87.1 cm³/mol. The number of hydrogen-bond donors (Lipinski definition) is 0. The molecule has 2 aliphatic heterocycles. The average Bonchev–Trinajstić information content (AvgIpc) is 3.02. The van der Waals surface area contributed by atoms with Crippen LogP contribution < -0.4 is 9.47 Å². The molecule has 132 valence electrons. The Labute approximate surface area is 145 Å². The number of nitrogens with zero attached hydrogens (tertiary/aromatic N) is 1. The second kappa shape index (κ2) is 7.16. The molecular formula is C15H18ClNO6S. The smallest absolute Gasteiger partial charge is 0.231 e. The first-order valence-electron chi connectivity index (χ1n) is 7.58. The van der Waals surface area contributed by atoms with Crippen LogP contribution in [0.2, 0.25) is 5.02 Å². The number of amides is 1. The summed E-state index contributed by atoms with van der Waals surface area (Å²) in [6.45, 7) is 2.08. The SMILES string of the molecule is O=C(CCS(=O)(=O)Cc1cc(Cl)c2c(c1)OCO2)N1CCOCC1. The number of hydrogen-bond acceptors (Lipinski definition) is 6. The molecule has 0 aromatic heterocycles. The van der Waals surface area contributed by atoms with Crippen molar-refractivity contribution in [1.82, 2.24) is 4.90 Å². The summed E-state index contributed by atoms with van der Waals surface area (Å²) in [6.07, 6.45) is -0.0272. The predicted octanol–water partition coefficient (Wildman–Crippen LogP) is 1.23. The third-order valence-corrected chi connectivity index (χ3v) is 5.74. The van der Waals surface area contributed by atoms with E-state index in [9.17, 15) is 13.2 Å². The van der Waals surface area contributed by atoms with Crippen LogP contribution >= 0.6 is 11.6 Å². The molecule has 0 spiro atoms. The van der Waals surface area contributed by atoms with Gasteiger partial charge in [-0.2, -0.15) is 0 Å². The van der Waals surface area contributed by atoms with Crippen LogP contribution in [0.15, 0.2) is 12.1 Å². The van der Waals surface area contributed by atoms with Crippen molar-refractivity contribution >= 4 is 27.3 Å². The Kier molecular flexibility index (Phi) is 5.17. The molecule has 1 fully saturated rings. The molecule has 0 radical (unpaired) electrons. The number of carbonyl (C=O) groups excluding carboxylic acids is 1. The van der Waals surface area contributed by atoms with E-state index in [1.54, 1.807) is 17.0 Å². The summed E-state index contributed by atoms with van der Waals surface area (Å²) in [5.41, 5.74) is 0.517. The van der Waals surface area contributed by atoms with E-state index in [1.807, 2.05) is 0 Å². The number of halogens is 1. The van der Waals surface area contributed by atoms with Crippen LogP contribution in [-0.4, -0.2) is 58.1 Å². The normalized spacial score (nSPS) is 17.1. The van der Waals surface area contributed by atoms with Gasteiger partial charge in [0.05, 0.1) is 29.7 Å². The quantitative estimate of drug-likeness (QED) is 0.770. The molecule has 1 saturated heterocycles. The van der Waals surface area contributed by atoms with Gasteiger partial charge in [-0.05, 0) is 17.7 Å². The molecule has 1 aromatic carbocycles. The van der Waals surface area contributed by atoms with E-state index in [2.05, 4.69) is 0 Å². The molecule has 7 nitrogen and oxygen atoms in total. The molecule has 0 aliphatic carbocycles. The molecule has 0 atom stereocenters. The van der Waals surface area contributed by atoms with E-state index in [1.165, 1.54) is 0 Å². The first-order chi connectivity index (χ1) is 11.4. The second-order valence-electron chi connectivity index (χ2n) is 5.65. The zero-order valence-electron chi connectivity index (χ0n) is 13.0. The fourth-order valence-electron chi connectivity index (χ4n) is 2.64. The van der Waals surface area contributed by atoms with Gasteiger partial charge in [0.1, 0.15) is 0 Å².